The van der Waals surface area contributed by atoms with E-state index in [9.17, 15) is 27.9 Å². The largest absolute Gasteiger partial charge is 0.469 e. The van der Waals surface area contributed by atoms with Gasteiger partial charge in [0.1, 0.15) is 0 Å². The lowest BCUT2D eigenvalue weighted by Crippen LogP contribution is -2.43. The molecule has 0 bridgehead atoms. The van der Waals surface area contributed by atoms with Crippen LogP contribution in [-0.4, -0.2) is 86.9 Å². The molecule has 9 nitrogen and oxygen atoms in total. The Labute approximate surface area is 252 Å². The van der Waals surface area contributed by atoms with E-state index in [4.69, 9.17) is 4.74 Å². The van der Waals surface area contributed by atoms with Gasteiger partial charge in [0.25, 0.3) is 5.91 Å². The Morgan fingerprint density at radius 1 is 1.28 bits per heavy atom. The van der Waals surface area contributed by atoms with Crippen LogP contribution in [0.15, 0.2) is 76.6 Å². The molecule has 238 valence electrons. The first-order valence-corrected chi connectivity index (χ1v) is 14.4. The summed E-state index contributed by atoms with van der Waals surface area (Å²) in [5, 5.41) is 19.9. The maximum atomic E-state index is 13.2. The first kappa shape index (κ1) is 35.4. The van der Waals surface area contributed by atoms with Crippen molar-refractivity contribution in [2.45, 2.75) is 45.4 Å². The molecule has 3 unspecified atom stereocenters. The summed E-state index contributed by atoms with van der Waals surface area (Å²) in [5.74, 6) is -0.675. The molecule has 0 radical (unpaired) electrons. The van der Waals surface area contributed by atoms with Crippen molar-refractivity contribution in [3.8, 4) is 0 Å². The normalized spacial score (nSPS) is 18.6. The number of alkyl halides is 3. The number of allylic oxidation sites excluding steroid dienone is 5. The molecule has 4 N–H and O–H groups in total. The number of hydrogen-bond donors (Lipinski definition) is 4. The van der Waals surface area contributed by atoms with Crippen molar-refractivity contribution in [2.24, 2.45) is 16.8 Å². The zero-order chi connectivity index (χ0) is 32.0. The number of halogens is 3. The van der Waals surface area contributed by atoms with Crippen molar-refractivity contribution in [1.29, 1.82) is 0 Å². The van der Waals surface area contributed by atoms with Gasteiger partial charge < -0.3 is 30.7 Å². The van der Waals surface area contributed by atoms with E-state index >= 15 is 0 Å². The van der Waals surface area contributed by atoms with Crippen molar-refractivity contribution in [3.63, 3.8) is 0 Å². The maximum absolute atomic E-state index is 13.2. The molecule has 0 aliphatic heterocycles. The number of methoxy groups -OCH3 is 1. The molecule has 0 heterocycles. The van der Waals surface area contributed by atoms with Gasteiger partial charge in [0.2, 0.25) is 0 Å². The minimum Gasteiger partial charge on any atom is -0.469 e. The highest BCUT2D eigenvalue weighted by molar-refractivity contribution is 5.85. The van der Waals surface area contributed by atoms with E-state index in [0.717, 1.165) is 12.2 Å². The van der Waals surface area contributed by atoms with Gasteiger partial charge in [-0.15, -0.1) is 6.58 Å². The van der Waals surface area contributed by atoms with Gasteiger partial charge in [0.05, 0.1) is 30.1 Å². The molecule has 0 spiro atoms. The van der Waals surface area contributed by atoms with Crippen LogP contribution >= 0.6 is 0 Å². The number of nitrogens with zero attached hydrogens (tertiary/aromatic N) is 2. The van der Waals surface area contributed by atoms with Crippen molar-refractivity contribution < 1.29 is 32.6 Å². The fraction of sp³-hybridized carbons (Fsp3) is 0.516. The van der Waals surface area contributed by atoms with Crippen molar-refractivity contribution in [3.05, 3.63) is 71.7 Å². The van der Waals surface area contributed by atoms with E-state index in [1.807, 2.05) is 13.8 Å². The average Bonchev–Trinajstić information content (AvgIpc) is 3.22. The molecule has 2 aliphatic rings. The number of aliphatic hydroxyl groups is 1. The Kier molecular flexibility index (Phi) is 14.3. The van der Waals surface area contributed by atoms with Gasteiger partial charge in [-0.25, -0.2) is 0 Å². The second-order valence-corrected chi connectivity index (χ2v) is 10.2. The number of rotatable bonds is 15. The van der Waals surface area contributed by atoms with E-state index in [1.165, 1.54) is 18.1 Å². The second kappa shape index (κ2) is 17.3. The number of hydrogen-bond acceptors (Lipinski definition) is 7. The summed E-state index contributed by atoms with van der Waals surface area (Å²) in [6.45, 7) is 9.69. The standard InChI is InChI=1S/C31H44F3N5O4/c1-6-22(14-15-37-26-13-9-12-25(31(32,33)34)19-27(26)35-4)20-38-21(3)36-16-17-39(7-2)29(41)28(40)23-10-8-11-24(18-23)30(42)43-5/h6,8-10,12,18-19,22,24,28,35,37,40H,1,7,11,13-17,20H2,2-5H3,(H,36,38). The summed E-state index contributed by atoms with van der Waals surface area (Å²) in [4.78, 5) is 30.9. The molecule has 0 aromatic carbocycles. The van der Waals surface area contributed by atoms with Gasteiger partial charge >= 0.3 is 12.1 Å². The first-order chi connectivity index (χ1) is 20.4. The number of nitrogens with one attached hydrogen (secondary N) is 3. The molecule has 0 saturated carbocycles. The van der Waals surface area contributed by atoms with Gasteiger partial charge in [0, 0.05) is 51.9 Å². The van der Waals surface area contributed by atoms with Gasteiger partial charge in [-0.1, -0.05) is 36.5 Å². The number of ether oxygens (including phenoxy) is 1. The molecule has 3 atom stereocenters. The number of carbonyl (C=O) groups excluding carboxylic acids is 2. The van der Waals surface area contributed by atoms with E-state index in [1.54, 1.807) is 31.4 Å². The Bertz CT molecular complexity index is 1170. The first-order valence-electron chi connectivity index (χ1n) is 14.4. The number of esters is 1. The Hall–Kier alpha value is -3.80. The third-order valence-corrected chi connectivity index (χ3v) is 7.19. The Balaban J connectivity index is 1.85. The monoisotopic (exact) mass is 607 g/mol. The Morgan fingerprint density at radius 2 is 2.02 bits per heavy atom. The predicted octanol–water partition coefficient (Wildman–Crippen LogP) is 3.54. The zero-order valence-electron chi connectivity index (χ0n) is 25.3. The Morgan fingerprint density at radius 3 is 2.65 bits per heavy atom. The van der Waals surface area contributed by atoms with Crippen molar-refractivity contribution >= 4 is 17.7 Å². The van der Waals surface area contributed by atoms with Crippen LogP contribution in [0.25, 0.3) is 0 Å². The number of amides is 1. The van der Waals surface area contributed by atoms with Crippen LogP contribution < -0.4 is 16.0 Å². The van der Waals surface area contributed by atoms with Crippen LogP contribution in [-0.2, 0) is 14.3 Å². The molecule has 0 fully saturated rings. The van der Waals surface area contributed by atoms with Gasteiger partial charge in [-0.2, -0.15) is 13.2 Å². The number of carbonyl (C=O) groups is 2. The summed E-state index contributed by atoms with van der Waals surface area (Å²) < 4.78 is 44.3. The van der Waals surface area contributed by atoms with E-state index in [2.05, 4.69) is 27.5 Å². The molecule has 1 amide bonds. The molecule has 0 aromatic heterocycles. The van der Waals surface area contributed by atoms with Crippen LogP contribution in [0.5, 0.6) is 0 Å². The topological polar surface area (TPSA) is 115 Å². The fourth-order valence-electron chi connectivity index (χ4n) is 4.59. The quantitative estimate of drug-likeness (QED) is 0.0975. The van der Waals surface area contributed by atoms with Crippen LogP contribution in [0, 0.1) is 11.8 Å². The average molecular weight is 608 g/mol. The van der Waals surface area contributed by atoms with Gasteiger partial charge in [-0.3, -0.25) is 14.6 Å². The number of aliphatic imine (C=N–C) groups is 1. The number of aliphatic hydroxyl groups excluding tert-OH is 1. The third-order valence-electron chi connectivity index (χ3n) is 7.19. The summed E-state index contributed by atoms with van der Waals surface area (Å²) >= 11 is 0. The van der Waals surface area contributed by atoms with Crippen LogP contribution in [0.1, 0.15) is 33.1 Å². The SMILES string of the molecule is C=CC(CCNC1=C(NC)C=C(C(F)(F)F)C=CC1)CN=C(C)NCCN(CC)C(=O)C(O)C1=CC(C(=O)OC)CC=C1. The highest BCUT2D eigenvalue weighted by Crippen LogP contribution is 2.29. The zero-order valence-corrected chi connectivity index (χ0v) is 25.3. The predicted molar refractivity (Wildman–Crippen MR) is 162 cm³/mol. The third kappa shape index (κ3) is 11.1. The lowest BCUT2D eigenvalue weighted by molar-refractivity contribution is -0.144. The van der Waals surface area contributed by atoms with Gasteiger partial charge in [-0.05, 0) is 44.3 Å². The van der Waals surface area contributed by atoms with Crippen LogP contribution in [0.3, 0.4) is 0 Å². The summed E-state index contributed by atoms with van der Waals surface area (Å²) in [6, 6.07) is 0. The lowest BCUT2D eigenvalue weighted by atomic mass is 9.93. The van der Waals surface area contributed by atoms with Crippen LogP contribution in [0.2, 0.25) is 0 Å². The molecular formula is C31H44F3N5O4. The van der Waals surface area contributed by atoms with E-state index in [0.29, 0.717) is 74.8 Å². The van der Waals surface area contributed by atoms with Gasteiger partial charge in [0.15, 0.2) is 6.10 Å². The van der Waals surface area contributed by atoms with Crippen molar-refractivity contribution in [1.82, 2.24) is 20.9 Å². The maximum Gasteiger partial charge on any atom is 0.416 e. The highest BCUT2D eigenvalue weighted by Gasteiger charge is 2.32. The molecule has 0 saturated heterocycles. The van der Waals surface area contributed by atoms with Crippen molar-refractivity contribution in [2.75, 3.05) is 46.9 Å². The summed E-state index contributed by atoms with van der Waals surface area (Å²) in [7, 11) is 2.89. The summed E-state index contributed by atoms with van der Waals surface area (Å²) in [6.07, 6.45) is 6.16. The fourth-order valence-corrected chi connectivity index (χ4v) is 4.59. The molecular weight excluding hydrogens is 563 g/mol. The van der Waals surface area contributed by atoms with E-state index in [-0.39, 0.29) is 5.92 Å². The number of amidine groups is 1. The molecule has 2 aliphatic carbocycles. The molecule has 43 heavy (non-hydrogen) atoms. The lowest BCUT2D eigenvalue weighted by Gasteiger charge is -2.26. The number of likely N-dealkylation sites (N-methyl/N-ethyl adjacent to an activating group) is 2. The van der Waals surface area contributed by atoms with Crippen LogP contribution in [0.4, 0.5) is 13.2 Å². The second-order valence-electron chi connectivity index (χ2n) is 10.2. The molecule has 2 rings (SSSR count). The smallest absolute Gasteiger partial charge is 0.416 e. The minimum absolute atomic E-state index is 0.0417. The molecule has 0 aromatic rings. The van der Waals surface area contributed by atoms with E-state index < -0.39 is 35.6 Å². The minimum atomic E-state index is -4.42. The molecule has 12 heteroatoms. The highest BCUT2D eigenvalue weighted by atomic mass is 19.4. The summed E-state index contributed by atoms with van der Waals surface area (Å²) in [5.41, 5.74) is 0.749.